The minimum atomic E-state index is -1.18. The average Bonchev–Trinajstić information content (AvgIpc) is 3.48. The van der Waals surface area contributed by atoms with Gasteiger partial charge in [-0.25, -0.2) is 4.79 Å². The van der Waals surface area contributed by atoms with Crippen LogP contribution >= 0.6 is 0 Å². The zero-order valence-corrected chi connectivity index (χ0v) is 22.9. The number of amides is 1. The Labute approximate surface area is 225 Å². The van der Waals surface area contributed by atoms with Crippen LogP contribution in [0.25, 0.3) is 0 Å². The van der Waals surface area contributed by atoms with Gasteiger partial charge >= 0.3 is 5.97 Å². The molecule has 2 aromatic carbocycles. The minimum Gasteiger partial charge on any atom is -0.476 e. The molecular weight excluding hydrogens is 480 g/mol. The number of benzene rings is 2. The lowest BCUT2D eigenvalue weighted by molar-refractivity contribution is -0.158. The third kappa shape index (κ3) is 5.82. The summed E-state index contributed by atoms with van der Waals surface area (Å²) in [4.78, 5) is 45.6. The van der Waals surface area contributed by atoms with Crippen molar-refractivity contribution in [3.05, 3.63) is 65.2 Å². The second-order valence-electron chi connectivity index (χ2n) is 10.6. The van der Waals surface area contributed by atoms with Crippen molar-refractivity contribution in [3.63, 3.8) is 0 Å². The van der Waals surface area contributed by atoms with Crippen LogP contribution in [-0.4, -0.2) is 46.1 Å². The number of aliphatic imine (C=N–C) groups is 1. The van der Waals surface area contributed by atoms with Gasteiger partial charge in [0.15, 0.2) is 11.4 Å². The van der Waals surface area contributed by atoms with Crippen molar-refractivity contribution in [1.29, 1.82) is 0 Å². The number of hydrogen-bond donors (Lipinski definition) is 0. The highest BCUT2D eigenvalue weighted by atomic mass is 16.6. The molecule has 1 saturated carbocycles. The number of hydrogen-bond acceptors (Lipinski definition) is 6. The molecule has 1 aliphatic heterocycles. The first-order valence-corrected chi connectivity index (χ1v) is 13.7. The Morgan fingerprint density at radius 3 is 2.39 bits per heavy atom. The zero-order chi connectivity index (χ0) is 27.3. The molecule has 7 nitrogen and oxygen atoms in total. The average molecular weight is 519 g/mol. The van der Waals surface area contributed by atoms with E-state index in [1.165, 1.54) is 0 Å². The van der Waals surface area contributed by atoms with Crippen molar-refractivity contribution < 1.29 is 23.9 Å². The molecule has 1 spiro atoms. The van der Waals surface area contributed by atoms with Crippen LogP contribution < -0.4 is 4.74 Å². The third-order valence-corrected chi connectivity index (χ3v) is 7.28. The number of amidine groups is 1. The van der Waals surface area contributed by atoms with Gasteiger partial charge in [-0.1, -0.05) is 62.6 Å². The summed E-state index contributed by atoms with van der Waals surface area (Å²) < 4.78 is 10.9. The molecule has 0 atom stereocenters. The molecule has 1 heterocycles. The van der Waals surface area contributed by atoms with Gasteiger partial charge in [-0.15, -0.1) is 0 Å². The van der Waals surface area contributed by atoms with E-state index in [1.807, 2.05) is 17.0 Å². The maximum absolute atomic E-state index is 13.4. The number of carbonyl (C=O) groups excluding carboxylic acids is 3. The second kappa shape index (κ2) is 11.5. The Kier molecular flexibility index (Phi) is 8.34. The van der Waals surface area contributed by atoms with E-state index in [-0.39, 0.29) is 18.3 Å². The molecule has 0 N–H and O–H groups in total. The fraction of sp³-hybridized carbons (Fsp3) is 0.484. The first kappa shape index (κ1) is 27.6. The molecule has 7 heteroatoms. The Morgan fingerprint density at radius 1 is 1.03 bits per heavy atom. The number of unbranched alkanes of at least 4 members (excludes halogenated alkanes) is 1. The minimum absolute atomic E-state index is 0.129. The van der Waals surface area contributed by atoms with Crippen LogP contribution in [0.15, 0.2) is 53.5 Å². The molecule has 2 aromatic rings. The largest absolute Gasteiger partial charge is 0.476 e. The summed E-state index contributed by atoms with van der Waals surface area (Å²) in [6.45, 7) is 7.88. The van der Waals surface area contributed by atoms with E-state index in [0.29, 0.717) is 23.4 Å². The highest BCUT2D eigenvalue weighted by Gasteiger charge is 2.49. The molecule has 38 heavy (non-hydrogen) atoms. The topological polar surface area (TPSA) is 85.3 Å². The lowest BCUT2D eigenvalue weighted by Crippen LogP contribution is -2.40. The lowest BCUT2D eigenvalue weighted by Gasteiger charge is -2.24. The normalized spacial score (nSPS) is 16.6. The van der Waals surface area contributed by atoms with Gasteiger partial charge in [0, 0.05) is 17.5 Å². The number of carbonyl (C=O) groups is 3. The van der Waals surface area contributed by atoms with Gasteiger partial charge in [0.25, 0.3) is 5.91 Å². The van der Waals surface area contributed by atoms with E-state index in [2.05, 4.69) is 6.92 Å². The Hall–Kier alpha value is -3.48. The summed E-state index contributed by atoms with van der Waals surface area (Å²) in [6.07, 6.45) is 6.65. The fourth-order valence-electron chi connectivity index (χ4n) is 5.15. The Morgan fingerprint density at radius 2 is 1.74 bits per heavy atom. The van der Waals surface area contributed by atoms with Crippen LogP contribution in [0.5, 0.6) is 5.75 Å². The molecule has 0 saturated heterocycles. The predicted molar refractivity (Wildman–Crippen MR) is 146 cm³/mol. The monoisotopic (exact) mass is 518 g/mol. The highest BCUT2D eigenvalue weighted by Crippen LogP contribution is 2.40. The van der Waals surface area contributed by atoms with Gasteiger partial charge in [-0.05, 0) is 57.7 Å². The number of nitrogens with zero attached hydrogens (tertiary/aromatic N) is 2. The molecule has 1 fully saturated rings. The molecule has 4 rings (SSSR count). The van der Waals surface area contributed by atoms with Crippen LogP contribution in [0.2, 0.25) is 0 Å². The molecule has 0 bridgehead atoms. The summed E-state index contributed by atoms with van der Waals surface area (Å²) in [6, 6.07) is 14.2. The van der Waals surface area contributed by atoms with E-state index in [9.17, 15) is 14.4 Å². The smallest absolute Gasteiger partial charge is 0.349 e. The van der Waals surface area contributed by atoms with E-state index in [1.54, 1.807) is 57.2 Å². The first-order chi connectivity index (χ1) is 18.2. The van der Waals surface area contributed by atoms with Crippen molar-refractivity contribution in [2.75, 3.05) is 6.61 Å². The van der Waals surface area contributed by atoms with Crippen molar-refractivity contribution >= 4 is 23.5 Å². The van der Waals surface area contributed by atoms with Gasteiger partial charge in [-0.3, -0.25) is 19.5 Å². The highest BCUT2D eigenvalue weighted by molar-refractivity contribution is 6.09. The third-order valence-electron chi connectivity index (χ3n) is 7.28. The maximum Gasteiger partial charge on any atom is 0.349 e. The maximum atomic E-state index is 13.4. The second-order valence-corrected chi connectivity index (χ2v) is 10.6. The van der Waals surface area contributed by atoms with Crippen molar-refractivity contribution in [1.82, 2.24) is 4.90 Å². The van der Waals surface area contributed by atoms with E-state index in [4.69, 9.17) is 14.5 Å². The van der Waals surface area contributed by atoms with Crippen LogP contribution in [0.1, 0.15) is 94.1 Å². The van der Waals surface area contributed by atoms with Gasteiger partial charge in [-0.2, -0.15) is 0 Å². The van der Waals surface area contributed by atoms with Crippen molar-refractivity contribution in [3.8, 4) is 5.75 Å². The molecule has 1 aliphatic carbocycles. The van der Waals surface area contributed by atoms with Gasteiger partial charge < -0.3 is 9.47 Å². The molecule has 202 valence electrons. The summed E-state index contributed by atoms with van der Waals surface area (Å²) in [5, 5.41) is 0. The van der Waals surface area contributed by atoms with E-state index in [0.717, 1.165) is 56.3 Å². The van der Waals surface area contributed by atoms with E-state index < -0.39 is 17.1 Å². The quantitative estimate of drug-likeness (QED) is 0.274. The van der Waals surface area contributed by atoms with Crippen LogP contribution in [0.4, 0.5) is 0 Å². The predicted octanol–water partition coefficient (Wildman–Crippen LogP) is 5.88. The molecule has 0 radical (unpaired) electrons. The number of esters is 1. The van der Waals surface area contributed by atoms with Crippen molar-refractivity contribution in [2.24, 2.45) is 4.99 Å². The van der Waals surface area contributed by atoms with Gasteiger partial charge in [0.2, 0.25) is 0 Å². The summed E-state index contributed by atoms with van der Waals surface area (Å²) in [7, 11) is 0. The SMILES string of the molecule is CCCCC1=NC2(CCCC2)C(=O)N1Cc1ccc(C(=O)c2cccc(OC(C)(C)C(=O)OCC)c2)cc1. The molecule has 0 unspecified atom stereocenters. The van der Waals surface area contributed by atoms with Crippen LogP contribution in [0, 0.1) is 0 Å². The van der Waals surface area contributed by atoms with Gasteiger partial charge in [0.1, 0.15) is 17.1 Å². The molecule has 2 aliphatic rings. The summed E-state index contributed by atoms with van der Waals surface area (Å²) >= 11 is 0. The number of ether oxygens (including phenoxy) is 2. The van der Waals surface area contributed by atoms with Crippen LogP contribution in [-0.2, 0) is 20.9 Å². The Bertz CT molecular complexity index is 1210. The molecule has 1 amide bonds. The molecule has 0 aromatic heterocycles. The summed E-state index contributed by atoms with van der Waals surface area (Å²) in [5.41, 5.74) is 0.232. The lowest BCUT2D eigenvalue weighted by atomic mass is 9.98. The first-order valence-electron chi connectivity index (χ1n) is 13.7. The zero-order valence-electron chi connectivity index (χ0n) is 22.9. The molecular formula is C31H38N2O5. The fourth-order valence-corrected chi connectivity index (χ4v) is 5.15. The Balaban J connectivity index is 1.46. The number of rotatable bonds is 11. The standard InChI is InChI=1S/C31H38N2O5/c1-5-7-13-26-32-31(18-8-9-19-31)28(35)33(26)21-22-14-16-23(17-15-22)27(34)24-11-10-12-25(20-24)38-30(3,4)29(36)37-6-2/h10-12,14-17,20H,5-9,13,18-19,21H2,1-4H3. The van der Waals surface area contributed by atoms with E-state index >= 15 is 0 Å². The van der Waals surface area contributed by atoms with Crippen molar-refractivity contribution in [2.45, 2.75) is 90.3 Å². The van der Waals surface area contributed by atoms with Crippen LogP contribution in [0.3, 0.4) is 0 Å². The number of ketones is 1. The summed E-state index contributed by atoms with van der Waals surface area (Å²) in [5.74, 6) is 0.830. The van der Waals surface area contributed by atoms with Gasteiger partial charge in [0.05, 0.1) is 13.2 Å².